The van der Waals surface area contributed by atoms with Crippen LogP contribution >= 0.6 is 35.0 Å². The van der Waals surface area contributed by atoms with Crippen LogP contribution in [0.5, 0.6) is 0 Å². The summed E-state index contributed by atoms with van der Waals surface area (Å²) in [4.78, 5) is 12.0. The summed E-state index contributed by atoms with van der Waals surface area (Å²) in [6.45, 7) is 0. The van der Waals surface area contributed by atoms with Crippen molar-refractivity contribution < 1.29 is 9.18 Å². The van der Waals surface area contributed by atoms with Crippen molar-refractivity contribution in [1.29, 1.82) is 0 Å². The van der Waals surface area contributed by atoms with E-state index in [9.17, 15) is 9.18 Å². The molecule has 0 atom stereocenters. The highest BCUT2D eigenvalue weighted by molar-refractivity contribution is 7.99. The van der Waals surface area contributed by atoms with E-state index in [4.69, 9.17) is 23.2 Å². The number of benzene rings is 2. The zero-order valence-corrected chi connectivity index (χ0v) is 14.8. The molecule has 0 aliphatic rings. The summed E-state index contributed by atoms with van der Waals surface area (Å²) in [5, 5.41) is 15.2. The summed E-state index contributed by atoms with van der Waals surface area (Å²) in [5.41, 5.74) is 0.730. The Morgan fingerprint density at radius 1 is 1.16 bits per heavy atom. The van der Waals surface area contributed by atoms with E-state index < -0.39 is 11.7 Å². The summed E-state index contributed by atoms with van der Waals surface area (Å²) in [7, 11) is 0. The number of hydrogen-bond donors (Lipinski definition) is 1. The molecule has 0 spiro atoms. The van der Waals surface area contributed by atoms with Crippen LogP contribution in [0.1, 0.15) is 0 Å². The van der Waals surface area contributed by atoms with Crippen LogP contribution in [0.3, 0.4) is 0 Å². The first-order valence-electron chi connectivity index (χ1n) is 6.95. The summed E-state index contributed by atoms with van der Waals surface area (Å²) in [6, 6.07) is 10.9. The normalized spacial score (nSPS) is 10.7. The number of tetrazole rings is 1. The van der Waals surface area contributed by atoms with Crippen molar-refractivity contribution in [3.63, 3.8) is 0 Å². The van der Waals surface area contributed by atoms with Gasteiger partial charge >= 0.3 is 0 Å². The van der Waals surface area contributed by atoms with Gasteiger partial charge in [-0.05, 0) is 52.9 Å². The van der Waals surface area contributed by atoms with Crippen LogP contribution in [0, 0.1) is 5.82 Å². The summed E-state index contributed by atoms with van der Waals surface area (Å²) in [5.74, 6) is -0.967. The second-order valence-electron chi connectivity index (χ2n) is 4.81. The van der Waals surface area contributed by atoms with Crippen LogP contribution < -0.4 is 5.32 Å². The molecule has 1 heterocycles. The van der Waals surface area contributed by atoms with Crippen LogP contribution in [-0.4, -0.2) is 31.9 Å². The smallest absolute Gasteiger partial charge is 0.234 e. The highest BCUT2D eigenvalue weighted by Crippen LogP contribution is 2.22. The largest absolute Gasteiger partial charge is 0.323 e. The third kappa shape index (κ3) is 4.47. The molecule has 6 nitrogen and oxygen atoms in total. The fourth-order valence-corrected chi connectivity index (χ4v) is 2.91. The Morgan fingerprint density at radius 2 is 1.88 bits per heavy atom. The van der Waals surface area contributed by atoms with Crippen molar-refractivity contribution in [3.8, 4) is 5.69 Å². The van der Waals surface area contributed by atoms with Gasteiger partial charge in [0.15, 0.2) is 0 Å². The van der Waals surface area contributed by atoms with Gasteiger partial charge in [0, 0.05) is 10.0 Å². The topological polar surface area (TPSA) is 72.7 Å². The minimum atomic E-state index is -0.561. The first-order chi connectivity index (χ1) is 12.0. The van der Waals surface area contributed by atoms with Crippen LogP contribution in [-0.2, 0) is 4.79 Å². The van der Waals surface area contributed by atoms with E-state index in [1.54, 1.807) is 24.3 Å². The second kappa shape index (κ2) is 7.81. The molecule has 0 fully saturated rings. The Balaban J connectivity index is 1.66. The highest BCUT2D eigenvalue weighted by Gasteiger charge is 2.13. The number of carbonyl (C=O) groups is 1. The van der Waals surface area contributed by atoms with Crippen LogP contribution in [0.25, 0.3) is 5.69 Å². The fourth-order valence-electron chi connectivity index (χ4n) is 1.92. The zero-order chi connectivity index (χ0) is 17.8. The van der Waals surface area contributed by atoms with Crippen molar-refractivity contribution >= 4 is 46.6 Å². The molecule has 128 valence electrons. The minimum absolute atomic E-state index is 0.0000829. The average molecular weight is 398 g/mol. The van der Waals surface area contributed by atoms with Gasteiger partial charge in [0.1, 0.15) is 5.82 Å². The molecular weight excluding hydrogens is 388 g/mol. The molecule has 0 radical (unpaired) electrons. The van der Waals surface area contributed by atoms with Gasteiger partial charge in [-0.15, -0.1) is 5.10 Å². The number of aromatic nitrogens is 4. The molecule has 3 rings (SSSR count). The Labute approximate surface area is 156 Å². The van der Waals surface area contributed by atoms with Gasteiger partial charge in [-0.3, -0.25) is 4.79 Å². The predicted molar refractivity (Wildman–Crippen MR) is 94.9 cm³/mol. The lowest BCUT2D eigenvalue weighted by molar-refractivity contribution is -0.113. The Hall–Kier alpha value is -2.16. The number of hydrogen-bond acceptors (Lipinski definition) is 5. The van der Waals surface area contributed by atoms with E-state index in [2.05, 4.69) is 20.8 Å². The van der Waals surface area contributed by atoms with E-state index in [-0.39, 0.29) is 11.4 Å². The second-order valence-corrected chi connectivity index (χ2v) is 6.63. The minimum Gasteiger partial charge on any atom is -0.323 e. The average Bonchev–Trinajstić information content (AvgIpc) is 3.05. The van der Waals surface area contributed by atoms with Gasteiger partial charge in [0.05, 0.1) is 17.1 Å². The number of nitrogens with zero attached hydrogens (tertiary/aromatic N) is 4. The molecule has 0 bridgehead atoms. The predicted octanol–water partition coefficient (Wildman–Crippen LogP) is 3.84. The molecule has 1 aromatic heterocycles. The van der Waals surface area contributed by atoms with Gasteiger partial charge in [-0.2, -0.15) is 4.68 Å². The monoisotopic (exact) mass is 397 g/mol. The van der Waals surface area contributed by atoms with Crippen molar-refractivity contribution in [3.05, 3.63) is 58.3 Å². The third-order valence-corrected chi connectivity index (χ3v) is 4.45. The molecule has 1 N–H and O–H groups in total. The molecule has 0 aliphatic heterocycles. The highest BCUT2D eigenvalue weighted by atomic mass is 35.5. The van der Waals surface area contributed by atoms with Crippen molar-refractivity contribution in [1.82, 2.24) is 20.2 Å². The summed E-state index contributed by atoms with van der Waals surface area (Å²) >= 11 is 12.8. The molecular formula is C15H10Cl2FN5OS. The van der Waals surface area contributed by atoms with Gasteiger partial charge < -0.3 is 5.32 Å². The lowest BCUT2D eigenvalue weighted by Crippen LogP contribution is -2.15. The quantitative estimate of drug-likeness (QED) is 0.662. The Bertz CT molecular complexity index is 903. The van der Waals surface area contributed by atoms with Gasteiger partial charge in [-0.1, -0.05) is 35.0 Å². The van der Waals surface area contributed by atoms with Gasteiger partial charge in [-0.25, -0.2) is 4.39 Å². The Kier molecular flexibility index (Phi) is 5.52. The van der Waals surface area contributed by atoms with E-state index in [0.29, 0.717) is 20.9 Å². The van der Waals surface area contributed by atoms with E-state index >= 15 is 0 Å². The number of nitrogens with one attached hydrogen (secondary N) is 1. The van der Waals surface area contributed by atoms with Gasteiger partial charge in [0.25, 0.3) is 0 Å². The SMILES string of the molecule is O=C(CSc1nnnn1-c1ccc(Cl)cc1)Nc1cc(Cl)ccc1F. The number of thioether (sulfide) groups is 1. The first-order valence-corrected chi connectivity index (χ1v) is 8.69. The molecule has 1 amide bonds. The number of carbonyl (C=O) groups excluding carboxylic acids is 1. The lowest BCUT2D eigenvalue weighted by Gasteiger charge is -2.07. The van der Waals surface area contributed by atoms with E-state index in [1.165, 1.54) is 22.9 Å². The number of halogens is 3. The third-order valence-electron chi connectivity index (χ3n) is 3.05. The lowest BCUT2D eigenvalue weighted by atomic mass is 10.3. The zero-order valence-electron chi connectivity index (χ0n) is 12.5. The molecule has 2 aromatic carbocycles. The molecule has 0 aliphatic carbocycles. The molecule has 10 heteroatoms. The Morgan fingerprint density at radius 3 is 2.64 bits per heavy atom. The molecule has 0 saturated carbocycles. The van der Waals surface area contributed by atoms with Crippen LogP contribution in [0.2, 0.25) is 10.0 Å². The van der Waals surface area contributed by atoms with Crippen LogP contribution in [0.15, 0.2) is 47.6 Å². The molecule has 3 aromatic rings. The number of amides is 1. The van der Waals surface area contributed by atoms with E-state index in [1.807, 2.05) is 0 Å². The standard InChI is InChI=1S/C15H10Cl2FN5OS/c16-9-1-4-11(5-2-9)23-15(20-21-22-23)25-8-14(24)19-13-7-10(17)3-6-12(13)18/h1-7H,8H2,(H,19,24). The molecule has 0 saturated heterocycles. The first kappa shape index (κ1) is 17.7. The number of anilines is 1. The maximum atomic E-state index is 13.6. The summed E-state index contributed by atoms with van der Waals surface area (Å²) in [6.07, 6.45) is 0. The maximum Gasteiger partial charge on any atom is 0.234 e. The molecule has 0 unspecified atom stereocenters. The fraction of sp³-hybridized carbons (Fsp3) is 0.0667. The van der Waals surface area contributed by atoms with E-state index in [0.717, 1.165) is 11.8 Å². The maximum absolute atomic E-state index is 13.6. The van der Waals surface area contributed by atoms with Gasteiger partial charge in [0.2, 0.25) is 11.1 Å². The summed E-state index contributed by atoms with van der Waals surface area (Å²) < 4.78 is 15.1. The number of rotatable bonds is 5. The van der Waals surface area contributed by atoms with Crippen molar-refractivity contribution in [2.24, 2.45) is 0 Å². The molecule has 25 heavy (non-hydrogen) atoms. The van der Waals surface area contributed by atoms with Crippen molar-refractivity contribution in [2.75, 3.05) is 11.1 Å². The van der Waals surface area contributed by atoms with Crippen LogP contribution in [0.4, 0.5) is 10.1 Å². The van der Waals surface area contributed by atoms with Crippen molar-refractivity contribution in [2.45, 2.75) is 5.16 Å².